The van der Waals surface area contributed by atoms with Gasteiger partial charge in [0.1, 0.15) is 0 Å². The van der Waals surface area contributed by atoms with E-state index in [1.54, 1.807) is 0 Å². The maximum absolute atomic E-state index is 2.47. The first kappa shape index (κ1) is 35.0. The number of para-hydroxylation sites is 5. The summed E-state index contributed by atoms with van der Waals surface area (Å²) in [5.41, 5.74) is 10.3. The van der Waals surface area contributed by atoms with Gasteiger partial charge in [-0.25, -0.2) is 0 Å². The quantitative estimate of drug-likeness (QED) is 0.144. The molecule has 0 saturated carbocycles. The third-order valence-electron chi connectivity index (χ3n) is 11.0. The topological polar surface area (TPSA) is 9.72 Å². The first-order chi connectivity index (χ1) is 29.3. The van der Waals surface area contributed by atoms with Gasteiger partial charge < -0.3 is 14.7 Å². The van der Waals surface area contributed by atoms with Gasteiger partial charge in [-0.1, -0.05) is 115 Å². The summed E-state index contributed by atoms with van der Waals surface area (Å²) >= 11 is 3.73. The Morgan fingerprint density at radius 2 is 0.559 bits per heavy atom. The Labute approximate surface area is 351 Å². The van der Waals surface area contributed by atoms with Crippen molar-refractivity contribution in [2.45, 2.75) is 0 Å². The Morgan fingerprint density at radius 3 is 0.898 bits per heavy atom. The van der Waals surface area contributed by atoms with Crippen LogP contribution in [0.2, 0.25) is 0 Å². The standard InChI is InChI=1S/C54H37N3S2/c1-6-18-38(19-7-1)55(39-20-8-2-9-21-39)43-32-34-51-47(36-43)45-28-16-30-49(53(45)58-51)57(42-26-14-5-15-27-42)50-31-17-29-46-48-37-44(33-35-52(48)59-54(46)50)56(40-22-10-3-11-23-40)41-24-12-4-13-25-41/h1-37H. The first-order valence-electron chi connectivity index (χ1n) is 19.8. The third kappa shape index (κ3) is 6.29. The van der Waals surface area contributed by atoms with Crippen molar-refractivity contribution in [3.63, 3.8) is 0 Å². The van der Waals surface area contributed by atoms with Crippen LogP contribution >= 0.6 is 22.7 Å². The van der Waals surface area contributed by atoms with Gasteiger partial charge in [-0.15, -0.1) is 22.7 Å². The summed E-state index contributed by atoms with van der Waals surface area (Å²) in [6.07, 6.45) is 0. The van der Waals surface area contributed by atoms with E-state index in [1.807, 2.05) is 22.7 Å². The number of nitrogens with zero attached hydrogens (tertiary/aromatic N) is 3. The summed E-state index contributed by atoms with van der Waals surface area (Å²) in [7, 11) is 0. The highest BCUT2D eigenvalue weighted by atomic mass is 32.1. The molecule has 0 aliphatic carbocycles. The van der Waals surface area contributed by atoms with Gasteiger partial charge in [0.25, 0.3) is 0 Å². The summed E-state index contributed by atoms with van der Waals surface area (Å²) in [5, 5.41) is 5.01. The Kier molecular flexibility index (Phi) is 8.88. The molecule has 11 aromatic rings. The predicted molar refractivity (Wildman–Crippen MR) is 256 cm³/mol. The summed E-state index contributed by atoms with van der Waals surface area (Å²) in [5.74, 6) is 0. The minimum absolute atomic E-state index is 1.13. The zero-order valence-electron chi connectivity index (χ0n) is 32.0. The van der Waals surface area contributed by atoms with E-state index in [-0.39, 0.29) is 0 Å². The molecule has 0 unspecified atom stereocenters. The van der Waals surface area contributed by atoms with Crippen molar-refractivity contribution >= 4 is 114 Å². The van der Waals surface area contributed by atoms with E-state index in [0.29, 0.717) is 0 Å². The fraction of sp³-hybridized carbons (Fsp3) is 0. The molecule has 0 aliphatic heterocycles. The molecular weight excluding hydrogens is 755 g/mol. The highest BCUT2D eigenvalue weighted by molar-refractivity contribution is 7.27. The van der Waals surface area contributed by atoms with Gasteiger partial charge >= 0.3 is 0 Å². The molecule has 3 nitrogen and oxygen atoms in total. The monoisotopic (exact) mass is 791 g/mol. The van der Waals surface area contributed by atoms with Crippen LogP contribution in [-0.4, -0.2) is 0 Å². The lowest BCUT2D eigenvalue weighted by Crippen LogP contribution is -2.10. The maximum atomic E-state index is 2.47. The van der Waals surface area contributed by atoms with Gasteiger partial charge in [-0.2, -0.15) is 0 Å². The van der Waals surface area contributed by atoms with Crippen LogP contribution in [0.4, 0.5) is 51.2 Å². The van der Waals surface area contributed by atoms with Crippen molar-refractivity contribution in [3.8, 4) is 0 Å². The second-order valence-electron chi connectivity index (χ2n) is 14.6. The van der Waals surface area contributed by atoms with E-state index in [1.165, 1.54) is 51.7 Å². The maximum Gasteiger partial charge on any atom is 0.0640 e. The molecule has 2 aromatic heterocycles. The Balaban J connectivity index is 1.08. The molecule has 2 heterocycles. The van der Waals surface area contributed by atoms with Crippen LogP contribution in [-0.2, 0) is 0 Å². The van der Waals surface area contributed by atoms with Gasteiger partial charge in [0.15, 0.2) is 0 Å². The minimum atomic E-state index is 1.13. The average Bonchev–Trinajstić information content (AvgIpc) is 3.88. The molecule has 0 spiro atoms. The number of fused-ring (bicyclic) bond motifs is 6. The molecule has 0 fully saturated rings. The smallest absolute Gasteiger partial charge is 0.0640 e. The molecule has 59 heavy (non-hydrogen) atoms. The lowest BCUT2D eigenvalue weighted by molar-refractivity contribution is 1.29. The van der Waals surface area contributed by atoms with Crippen LogP contribution in [0.25, 0.3) is 40.3 Å². The molecular formula is C54H37N3S2. The van der Waals surface area contributed by atoms with E-state index >= 15 is 0 Å². The van der Waals surface area contributed by atoms with E-state index in [2.05, 4.69) is 239 Å². The molecule has 5 heteroatoms. The van der Waals surface area contributed by atoms with Gasteiger partial charge in [0, 0.05) is 70.8 Å². The Hall–Kier alpha value is -7.18. The molecule has 0 amide bonds. The van der Waals surface area contributed by atoms with Gasteiger partial charge in [-0.05, 0) is 109 Å². The van der Waals surface area contributed by atoms with E-state index < -0.39 is 0 Å². The number of rotatable bonds is 9. The summed E-state index contributed by atoms with van der Waals surface area (Å²) < 4.78 is 5.05. The molecule has 0 saturated heterocycles. The molecule has 0 atom stereocenters. The molecule has 11 rings (SSSR count). The van der Waals surface area contributed by atoms with Crippen molar-refractivity contribution in [2.75, 3.05) is 14.7 Å². The van der Waals surface area contributed by atoms with Crippen molar-refractivity contribution < 1.29 is 0 Å². The fourth-order valence-corrected chi connectivity index (χ4v) is 10.7. The molecule has 0 radical (unpaired) electrons. The normalized spacial score (nSPS) is 11.4. The van der Waals surface area contributed by atoms with Crippen LogP contribution in [0.5, 0.6) is 0 Å². The van der Waals surface area contributed by atoms with Crippen LogP contribution in [0.1, 0.15) is 0 Å². The van der Waals surface area contributed by atoms with Crippen molar-refractivity contribution in [2.24, 2.45) is 0 Å². The molecule has 0 N–H and O–H groups in total. The predicted octanol–water partition coefficient (Wildman–Crippen LogP) is 16.8. The third-order valence-corrected chi connectivity index (χ3v) is 13.4. The SMILES string of the molecule is c1ccc(N(c2ccccc2)c2ccc3sc4c(N(c5ccccc5)c5cccc6c5sc5ccc(N(c7ccccc7)c7ccccc7)cc56)cccc4c3c2)cc1. The second-order valence-corrected chi connectivity index (χ2v) is 16.7. The molecule has 9 aromatic carbocycles. The van der Waals surface area contributed by atoms with Crippen molar-refractivity contribution in [1.29, 1.82) is 0 Å². The van der Waals surface area contributed by atoms with Gasteiger partial charge in [0.05, 0.1) is 20.8 Å². The second kappa shape index (κ2) is 15.0. The zero-order chi connectivity index (χ0) is 39.1. The van der Waals surface area contributed by atoms with E-state index in [0.717, 1.165) is 39.8 Å². The molecule has 280 valence electrons. The van der Waals surface area contributed by atoms with Crippen molar-refractivity contribution in [3.05, 3.63) is 224 Å². The number of thiophene rings is 2. The number of hydrogen-bond acceptors (Lipinski definition) is 5. The van der Waals surface area contributed by atoms with E-state index in [9.17, 15) is 0 Å². The minimum Gasteiger partial charge on any atom is -0.310 e. The Bertz CT molecular complexity index is 2940. The first-order valence-corrected chi connectivity index (χ1v) is 21.5. The lowest BCUT2D eigenvalue weighted by Gasteiger charge is -2.26. The van der Waals surface area contributed by atoms with Gasteiger partial charge in [-0.3, -0.25) is 0 Å². The van der Waals surface area contributed by atoms with Crippen LogP contribution < -0.4 is 14.7 Å². The zero-order valence-corrected chi connectivity index (χ0v) is 33.7. The van der Waals surface area contributed by atoms with Crippen molar-refractivity contribution in [1.82, 2.24) is 0 Å². The highest BCUT2D eigenvalue weighted by Crippen LogP contribution is 2.50. The number of benzene rings is 9. The summed E-state index contributed by atoms with van der Waals surface area (Å²) in [6.45, 7) is 0. The van der Waals surface area contributed by atoms with E-state index in [4.69, 9.17) is 0 Å². The number of anilines is 9. The fourth-order valence-electron chi connectivity index (χ4n) is 8.36. The molecule has 0 aliphatic rings. The largest absolute Gasteiger partial charge is 0.310 e. The van der Waals surface area contributed by atoms with Crippen LogP contribution in [0.3, 0.4) is 0 Å². The van der Waals surface area contributed by atoms with Crippen LogP contribution in [0.15, 0.2) is 224 Å². The Morgan fingerprint density at radius 1 is 0.237 bits per heavy atom. The highest BCUT2D eigenvalue weighted by Gasteiger charge is 2.23. The molecule has 0 bridgehead atoms. The summed E-state index contributed by atoms with van der Waals surface area (Å²) in [6, 6.07) is 80.8. The van der Waals surface area contributed by atoms with Gasteiger partial charge in [0.2, 0.25) is 0 Å². The van der Waals surface area contributed by atoms with Crippen LogP contribution in [0, 0.1) is 0 Å². The summed E-state index contributed by atoms with van der Waals surface area (Å²) in [4.78, 5) is 7.16. The average molecular weight is 792 g/mol. The number of hydrogen-bond donors (Lipinski definition) is 0. The lowest BCUT2D eigenvalue weighted by atomic mass is 10.1.